The zero-order chi connectivity index (χ0) is 13.7. The van der Waals surface area contributed by atoms with Crippen LogP contribution in [-0.4, -0.2) is 54.5 Å². The molecule has 1 saturated heterocycles. The molecule has 1 fully saturated rings. The van der Waals surface area contributed by atoms with Gasteiger partial charge in [0.25, 0.3) is 0 Å². The highest BCUT2D eigenvalue weighted by Crippen LogP contribution is 2.07. The van der Waals surface area contributed by atoms with E-state index in [0.717, 1.165) is 38.3 Å². The van der Waals surface area contributed by atoms with Crippen molar-refractivity contribution in [2.45, 2.75) is 19.4 Å². The number of likely N-dealkylation sites (N-methyl/N-ethyl adjacent to an activating group) is 1. The van der Waals surface area contributed by atoms with Crippen LogP contribution in [0.5, 0.6) is 0 Å². The Labute approximate surface area is 139 Å². The molecule has 1 aliphatic heterocycles. The molecule has 0 aromatic heterocycles. The average molecular weight is 334 g/mol. The molecule has 1 atom stereocenters. The molecule has 6 heteroatoms. The number of carbonyl (C=O) groups excluding carboxylic acids is 1. The van der Waals surface area contributed by atoms with E-state index in [1.807, 2.05) is 35.2 Å². The molecule has 1 unspecified atom stereocenters. The summed E-state index contributed by atoms with van der Waals surface area (Å²) in [6.07, 6.45) is 0.619. The van der Waals surface area contributed by atoms with Gasteiger partial charge in [-0.05, 0) is 18.5 Å². The summed E-state index contributed by atoms with van der Waals surface area (Å²) in [6, 6.07) is 9.54. The molecule has 1 aromatic rings. The molecule has 1 heterocycles. The number of nitrogens with two attached hydrogens (primary N) is 1. The first-order chi connectivity index (χ1) is 9.20. The Morgan fingerprint density at radius 2 is 1.71 bits per heavy atom. The highest BCUT2D eigenvalue weighted by Gasteiger charge is 2.24. The largest absolute Gasteiger partial charge is 0.339 e. The molecule has 4 nitrogen and oxygen atoms in total. The summed E-state index contributed by atoms with van der Waals surface area (Å²) in [5.74, 6) is 0.0830. The molecule has 0 radical (unpaired) electrons. The van der Waals surface area contributed by atoms with E-state index >= 15 is 0 Å². The Morgan fingerprint density at radius 1 is 1.14 bits per heavy atom. The Morgan fingerprint density at radius 3 is 2.24 bits per heavy atom. The lowest BCUT2D eigenvalue weighted by Gasteiger charge is -2.35. The molecule has 0 bridgehead atoms. The van der Waals surface area contributed by atoms with Crippen molar-refractivity contribution in [2.75, 3.05) is 32.7 Å². The van der Waals surface area contributed by atoms with Gasteiger partial charge in [0, 0.05) is 26.2 Å². The predicted octanol–water partition coefficient (Wildman–Crippen LogP) is 1.56. The van der Waals surface area contributed by atoms with Crippen molar-refractivity contribution in [1.29, 1.82) is 0 Å². The monoisotopic (exact) mass is 333 g/mol. The minimum absolute atomic E-state index is 0. The number of halogens is 2. The molecule has 1 amide bonds. The molecule has 2 N–H and O–H groups in total. The second-order valence-corrected chi connectivity index (χ2v) is 5.06. The number of carbonyl (C=O) groups is 1. The van der Waals surface area contributed by atoms with E-state index in [2.05, 4.69) is 11.8 Å². The predicted molar refractivity (Wildman–Crippen MR) is 91.3 cm³/mol. The fourth-order valence-electron chi connectivity index (χ4n) is 2.47. The van der Waals surface area contributed by atoms with Crippen LogP contribution in [-0.2, 0) is 11.2 Å². The third-order valence-corrected chi connectivity index (χ3v) is 3.75. The number of amides is 1. The summed E-state index contributed by atoms with van der Waals surface area (Å²) < 4.78 is 0. The van der Waals surface area contributed by atoms with Gasteiger partial charge in [-0.2, -0.15) is 0 Å². The van der Waals surface area contributed by atoms with Gasteiger partial charge >= 0.3 is 0 Å². The van der Waals surface area contributed by atoms with Gasteiger partial charge < -0.3 is 15.5 Å². The SMILES string of the molecule is CCN1CCN(C(=O)C(N)Cc2ccccc2)CC1.Cl.Cl. The number of rotatable bonds is 4. The van der Waals surface area contributed by atoms with Crippen LogP contribution in [0.1, 0.15) is 12.5 Å². The molecule has 2 rings (SSSR count). The van der Waals surface area contributed by atoms with Gasteiger partial charge in [0.05, 0.1) is 6.04 Å². The number of benzene rings is 1. The standard InChI is InChI=1S/C15H23N3O.2ClH/c1-2-17-8-10-18(11-9-17)15(19)14(16)12-13-6-4-3-5-7-13;;/h3-7,14H,2,8-12,16H2,1H3;2*1H. The third kappa shape index (κ3) is 5.83. The molecular weight excluding hydrogens is 309 g/mol. The Balaban J connectivity index is 0.00000200. The highest BCUT2D eigenvalue weighted by molar-refractivity contribution is 5.85. The van der Waals surface area contributed by atoms with Crippen LogP contribution >= 0.6 is 24.8 Å². The van der Waals surface area contributed by atoms with Crippen molar-refractivity contribution in [3.63, 3.8) is 0 Å². The molecular formula is C15H25Cl2N3O. The summed E-state index contributed by atoms with van der Waals surface area (Å²) in [5, 5.41) is 0. The second-order valence-electron chi connectivity index (χ2n) is 5.06. The van der Waals surface area contributed by atoms with Gasteiger partial charge in [0.2, 0.25) is 5.91 Å². The summed E-state index contributed by atoms with van der Waals surface area (Å²) in [4.78, 5) is 16.5. The van der Waals surface area contributed by atoms with Crippen LogP contribution in [0.2, 0.25) is 0 Å². The van der Waals surface area contributed by atoms with Crippen molar-refractivity contribution in [3.05, 3.63) is 35.9 Å². The third-order valence-electron chi connectivity index (χ3n) is 3.75. The fraction of sp³-hybridized carbons (Fsp3) is 0.533. The minimum atomic E-state index is -0.421. The number of nitrogens with zero attached hydrogens (tertiary/aromatic N) is 2. The number of piperazine rings is 1. The summed E-state index contributed by atoms with van der Waals surface area (Å²) in [6.45, 7) is 6.72. The van der Waals surface area contributed by atoms with E-state index in [0.29, 0.717) is 6.42 Å². The first kappa shape index (κ1) is 20.2. The zero-order valence-corrected chi connectivity index (χ0v) is 14.0. The van der Waals surface area contributed by atoms with Gasteiger partial charge in [-0.15, -0.1) is 24.8 Å². The van der Waals surface area contributed by atoms with E-state index in [9.17, 15) is 4.79 Å². The van der Waals surface area contributed by atoms with Crippen molar-refractivity contribution in [1.82, 2.24) is 9.80 Å². The summed E-state index contributed by atoms with van der Waals surface area (Å²) in [7, 11) is 0. The summed E-state index contributed by atoms with van der Waals surface area (Å²) in [5.41, 5.74) is 7.16. The van der Waals surface area contributed by atoms with Gasteiger partial charge in [-0.1, -0.05) is 37.3 Å². The first-order valence-electron chi connectivity index (χ1n) is 7.01. The van der Waals surface area contributed by atoms with Crippen LogP contribution < -0.4 is 5.73 Å². The molecule has 21 heavy (non-hydrogen) atoms. The lowest BCUT2D eigenvalue weighted by molar-refractivity contribution is -0.134. The minimum Gasteiger partial charge on any atom is -0.339 e. The average Bonchev–Trinajstić information content (AvgIpc) is 2.47. The van der Waals surface area contributed by atoms with Gasteiger partial charge in [0.15, 0.2) is 0 Å². The molecule has 120 valence electrons. The molecule has 0 aliphatic carbocycles. The van der Waals surface area contributed by atoms with Crippen molar-refractivity contribution >= 4 is 30.7 Å². The first-order valence-corrected chi connectivity index (χ1v) is 7.01. The van der Waals surface area contributed by atoms with Crippen LogP contribution in [0.25, 0.3) is 0 Å². The Hall–Kier alpha value is -0.810. The van der Waals surface area contributed by atoms with E-state index in [-0.39, 0.29) is 30.7 Å². The molecule has 0 saturated carbocycles. The Bertz CT molecular complexity index is 409. The second kappa shape index (κ2) is 10.0. The van der Waals surface area contributed by atoms with E-state index in [1.54, 1.807) is 0 Å². The Kier molecular flexibility index (Phi) is 9.62. The normalized spacial score (nSPS) is 16.6. The van der Waals surface area contributed by atoms with Gasteiger partial charge in [0.1, 0.15) is 0 Å². The van der Waals surface area contributed by atoms with Gasteiger partial charge in [-0.25, -0.2) is 0 Å². The van der Waals surface area contributed by atoms with Crippen LogP contribution in [0.3, 0.4) is 0 Å². The lowest BCUT2D eigenvalue weighted by atomic mass is 10.1. The maximum Gasteiger partial charge on any atom is 0.239 e. The maximum atomic E-state index is 12.3. The lowest BCUT2D eigenvalue weighted by Crippen LogP contribution is -2.53. The van der Waals surface area contributed by atoms with Crippen LogP contribution in [0, 0.1) is 0 Å². The van der Waals surface area contributed by atoms with E-state index in [4.69, 9.17) is 5.73 Å². The quantitative estimate of drug-likeness (QED) is 0.909. The van der Waals surface area contributed by atoms with Gasteiger partial charge in [-0.3, -0.25) is 4.79 Å². The summed E-state index contributed by atoms with van der Waals surface area (Å²) >= 11 is 0. The maximum absolute atomic E-state index is 12.3. The molecule has 0 spiro atoms. The number of hydrogen-bond donors (Lipinski definition) is 1. The fourth-order valence-corrected chi connectivity index (χ4v) is 2.47. The molecule has 1 aliphatic rings. The smallest absolute Gasteiger partial charge is 0.239 e. The molecule has 1 aromatic carbocycles. The highest BCUT2D eigenvalue weighted by atomic mass is 35.5. The van der Waals surface area contributed by atoms with Crippen molar-refractivity contribution < 1.29 is 4.79 Å². The topological polar surface area (TPSA) is 49.6 Å². The van der Waals surface area contributed by atoms with Crippen LogP contribution in [0.4, 0.5) is 0 Å². The van der Waals surface area contributed by atoms with Crippen LogP contribution in [0.15, 0.2) is 30.3 Å². The zero-order valence-electron chi connectivity index (χ0n) is 12.4. The van der Waals surface area contributed by atoms with Crippen molar-refractivity contribution in [2.24, 2.45) is 5.73 Å². The van der Waals surface area contributed by atoms with E-state index < -0.39 is 6.04 Å². The van der Waals surface area contributed by atoms with E-state index in [1.165, 1.54) is 0 Å². The number of hydrogen-bond acceptors (Lipinski definition) is 3. The van der Waals surface area contributed by atoms with Crippen molar-refractivity contribution in [3.8, 4) is 0 Å².